The van der Waals surface area contributed by atoms with Crippen LogP contribution in [0.15, 0.2) is 24.5 Å². The van der Waals surface area contributed by atoms with Crippen molar-refractivity contribution in [2.75, 3.05) is 5.88 Å². The number of hydrogen-bond donors (Lipinski definition) is 1. The van der Waals surface area contributed by atoms with E-state index in [1.807, 2.05) is 18.3 Å². The van der Waals surface area contributed by atoms with Gasteiger partial charge in [-0.1, -0.05) is 11.8 Å². The molecule has 1 N–H and O–H groups in total. The number of H-pyrrole nitrogens is 1. The average molecular weight is 205 g/mol. The van der Waals surface area contributed by atoms with Gasteiger partial charge in [0, 0.05) is 30.1 Å². The van der Waals surface area contributed by atoms with Gasteiger partial charge in [0.25, 0.3) is 0 Å². The van der Waals surface area contributed by atoms with Crippen molar-refractivity contribution in [3.05, 3.63) is 30.1 Å². The monoisotopic (exact) mass is 204 g/mol. The number of aromatic nitrogens is 2. The lowest BCUT2D eigenvalue weighted by atomic mass is 10.2. The van der Waals surface area contributed by atoms with Gasteiger partial charge in [-0.15, -0.1) is 11.6 Å². The molecule has 2 aromatic heterocycles. The van der Waals surface area contributed by atoms with Crippen LogP contribution >= 0.6 is 11.6 Å². The molecule has 0 bridgehead atoms. The highest BCUT2D eigenvalue weighted by atomic mass is 35.5. The Bertz CT molecular complexity index is 490. The highest BCUT2D eigenvalue weighted by Gasteiger charge is 1.99. The van der Waals surface area contributed by atoms with E-state index in [1.54, 1.807) is 6.20 Å². The maximum absolute atomic E-state index is 5.54. The number of nitrogens with zero attached hydrogens (tertiary/aromatic N) is 1. The van der Waals surface area contributed by atoms with Crippen LogP contribution in [0.5, 0.6) is 0 Å². The van der Waals surface area contributed by atoms with Gasteiger partial charge in [0.2, 0.25) is 0 Å². The number of aromatic amines is 1. The molecule has 0 unspecified atom stereocenters. The summed E-state index contributed by atoms with van der Waals surface area (Å²) in [6.07, 6.45) is 4.35. The zero-order valence-electron chi connectivity index (χ0n) is 7.55. The Kier molecular flexibility index (Phi) is 2.71. The Morgan fingerprint density at radius 3 is 3.29 bits per heavy atom. The van der Waals surface area contributed by atoms with Gasteiger partial charge in [0.05, 0.1) is 5.56 Å². The van der Waals surface area contributed by atoms with Crippen LogP contribution in [0.1, 0.15) is 12.0 Å². The molecule has 0 saturated heterocycles. The van der Waals surface area contributed by atoms with Crippen LogP contribution in [0.25, 0.3) is 11.0 Å². The van der Waals surface area contributed by atoms with Crippen LogP contribution in [0.3, 0.4) is 0 Å². The van der Waals surface area contributed by atoms with E-state index in [-0.39, 0.29) is 0 Å². The smallest absolute Gasteiger partial charge is 0.138 e. The van der Waals surface area contributed by atoms with E-state index in [0.29, 0.717) is 12.3 Å². The third-order valence-electron chi connectivity index (χ3n) is 1.89. The molecule has 0 aliphatic rings. The molecule has 2 heterocycles. The summed E-state index contributed by atoms with van der Waals surface area (Å²) in [5, 5.41) is 1.06. The second kappa shape index (κ2) is 4.17. The molecule has 0 radical (unpaired) electrons. The molecule has 0 fully saturated rings. The van der Waals surface area contributed by atoms with Crippen LogP contribution in [-0.2, 0) is 0 Å². The summed E-state index contributed by atoms with van der Waals surface area (Å²) < 4.78 is 0. The van der Waals surface area contributed by atoms with Crippen molar-refractivity contribution in [2.24, 2.45) is 0 Å². The van der Waals surface area contributed by atoms with Crippen molar-refractivity contribution >= 4 is 22.6 Å². The van der Waals surface area contributed by atoms with Gasteiger partial charge in [-0.2, -0.15) is 0 Å². The normalized spacial score (nSPS) is 9.79. The largest absolute Gasteiger partial charge is 0.345 e. The molecule has 0 spiro atoms. The standard InChI is InChI=1S/C11H9ClN2/c12-6-2-1-4-9-8-14-11-10(9)5-3-7-13-11/h3,5,7-8H,2,6H2,(H,13,14). The zero-order valence-corrected chi connectivity index (χ0v) is 8.30. The topological polar surface area (TPSA) is 28.7 Å². The first kappa shape index (κ1) is 9.11. The minimum atomic E-state index is 0.577. The zero-order chi connectivity index (χ0) is 9.80. The first-order chi connectivity index (χ1) is 6.92. The molecular weight excluding hydrogens is 196 g/mol. The molecule has 2 rings (SSSR count). The van der Waals surface area contributed by atoms with E-state index in [9.17, 15) is 0 Å². The van der Waals surface area contributed by atoms with Crippen LogP contribution in [0, 0.1) is 11.8 Å². The second-order valence-electron chi connectivity index (χ2n) is 2.84. The lowest BCUT2D eigenvalue weighted by Gasteiger charge is -1.86. The number of halogens is 1. The summed E-state index contributed by atoms with van der Waals surface area (Å²) in [6.45, 7) is 0. The molecule has 0 aromatic carbocycles. The number of hydrogen-bond acceptors (Lipinski definition) is 1. The Hall–Kier alpha value is -1.46. The van der Waals surface area contributed by atoms with Crippen molar-refractivity contribution in [2.45, 2.75) is 6.42 Å². The van der Waals surface area contributed by atoms with Gasteiger partial charge in [-0.25, -0.2) is 4.98 Å². The number of rotatable bonds is 1. The summed E-state index contributed by atoms with van der Waals surface area (Å²) in [5.41, 5.74) is 1.86. The lowest BCUT2D eigenvalue weighted by Crippen LogP contribution is -1.74. The van der Waals surface area contributed by atoms with Crippen LogP contribution in [-0.4, -0.2) is 15.8 Å². The molecule has 0 saturated carbocycles. The second-order valence-corrected chi connectivity index (χ2v) is 3.22. The fourth-order valence-corrected chi connectivity index (χ4v) is 1.36. The Morgan fingerprint density at radius 1 is 1.50 bits per heavy atom. The Morgan fingerprint density at radius 2 is 2.43 bits per heavy atom. The Balaban J connectivity index is 2.40. The van der Waals surface area contributed by atoms with Crippen molar-refractivity contribution in [1.82, 2.24) is 9.97 Å². The summed E-state index contributed by atoms with van der Waals surface area (Å²) in [4.78, 5) is 7.25. The predicted molar refractivity (Wildman–Crippen MR) is 58.3 cm³/mol. The summed E-state index contributed by atoms with van der Waals surface area (Å²) in [7, 11) is 0. The third kappa shape index (κ3) is 1.73. The molecule has 0 aliphatic heterocycles. The van der Waals surface area contributed by atoms with Gasteiger partial charge in [-0.05, 0) is 12.1 Å². The summed E-state index contributed by atoms with van der Waals surface area (Å²) in [6, 6.07) is 3.91. The van der Waals surface area contributed by atoms with Gasteiger partial charge in [-0.3, -0.25) is 0 Å². The molecule has 0 atom stereocenters. The molecule has 3 heteroatoms. The third-order valence-corrected chi connectivity index (χ3v) is 2.08. The van der Waals surface area contributed by atoms with E-state index in [4.69, 9.17) is 11.6 Å². The number of fused-ring (bicyclic) bond motifs is 1. The van der Waals surface area contributed by atoms with Gasteiger partial charge in [0.15, 0.2) is 0 Å². The van der Waals surface area contributed by atoms with Gasteiger partial charge in [0.1, 0.15) is 5.65 Å². The van der Waals surface area contributed by atoms with Gasteiger partial charge >= 0.3 is 0 Å². The fourth-order valence-electron chi connectivity index (χ4n) is 1.26. The summed E-state index contributed by atoms with van der Waals surface area (Å²) >= 11 is 5.54. The molecule has 2 aromatic rings. The van der Waals surface area contributed by atoms with Crippen LogP contribution in [0.4, 0.5) is 0 Å². The number of nitrogens with one attached hydrogen (secondary N) is 1. The number of alkyl halides is 1. The fraction of sp³-hybridized carbons (Fsp3) is 0.182. The van der Waals surface area contributed by atoms with Crippen molar-refractivity contribution in [3.8, 4) is 11.8 Å². The molecule has 2 nitrogen and oxygen atoms in total. The SMILES string of the molecule is ClCCC#Cc1c[nH]c2ncccc12. The molecule has 0 aliphatic carbocycles. The average Bonchev–Trinajstić information content (AvgIpc) is 2.63. The minimum Gasteiger partial charge on any atom is -0.345 e. The number of pyridine rings is 1. The van der Waals surface area contributed by atoms with E-state index < -0.39 is 0 Å². The predicted octanol–water partition coefficient (Wildman–Crippen LogP) is 2.54. The van der Waals surface area contributed by atoms with Crippen LogP contribution in [0.2, 0.25) is 0 Å². The summed E-state index contributed by atoms with van der Waals surface area (Å²) in [5.74, 6) is 6.64. The lowest BCUT2D eigenvalue weighted by molar-refractivity contribution is 1.29. The van der Waals surface area contributed by atoms with E-state index in [0.717, 1.165) is 16.6 Å². The van der Waals surface area contributed by atoms with E-state index >= 15 is 0 Å². The molecular formula is C11H9ClN2. The molecule has 14 heavy (non-hydrogen) atoms. The van der Waals surface area contributed by atoms with E-state index in [1.165, 1.54) is 0 Å². The molecule has 70 valence electrons. The first-order valence-electron chi connectivity index (χ1n) is 4.39. The molecule has 0 amide bonds. The maximum atomic E-state index is 5.54. The van der Waals surface area contributed by atoms with Crippen molar-refractivity contribution in [1.29, 1.82) is 0 Å². The maximum Gasteiger partial charge on any atom is 0.138 e. The Labute approximate surface area is 87.3 Å². The van der Waals surface area contributed by atoms with Crippen molar-refractivity contribution < 1.29 is 0 Å². The van der Waals surface area contributed by atoms with Crippen LogP contribution < -0.4 is 0 Å². The minimum absolute atomic E-state index is 0.577. The highest BCUT2D eigenvalue weighted by Crippen LogP contribution is 2.13. The first-order valence-corrected chi connectivity index (χ1v) is 4.92. The highest BCUT2D eigenvalue weighted by molar-refractivity contribution is 6.18. The quantitative estimate of drug-likeness (QED) is 0.561. The van der Waals surface area contributed by atoms with Gasteiger partial charge < -0.3 is 4.98 Å². The van der Waals surface area contributed by atoms with E-state index in [2.05, 4.69) is 21.8 Å². The van der Waals surface area contributed by atoms with Crippen molar-refractivity contribution in [3.63, 3.8) is 0 Å².